The minimum atomic E-state index is -2.91. The van der Waals surface area contributed by atoms with Crippen LogP contribution in [0.2, 0.25) is 0 Å². The molecule has 0 fully saturated rings. The molecule has 0 bridgehead atoms. The largest absolute Gasteiger partial charge is 0.435 e. The molecule has 0 spiro atoms. The summed E-state index contributed by atoms with van der Waals surface area (Å²) < 4.78 is 28.0. The van der Waals surface area contributed by atoms with E-state index in [1.807, 2.05) is 0 Å². The smallest absolute Gasteiger partial charge is 0.387 e. The predicted molar refractivity (Wildman–Crippen MR) is 52.0 cm³/mol. The molecule has 0 saturated carbocycles. The fourth-order valence-electron chi connectivity index (χ4n) is 1.12. The van der Waals surface area contributed by atoms with Crippen LogP contribution in [0.25, 0.3) is 10.4 Å². The number of azide groups is 1. The van der Waals surface area contributed by atoms with E-state index < -0.39 is 12.7 Å². The third-order valence-corrected chi connectivity index (χ3v) is 1.79. The summed E-state index contributed by atoms with van der Waals surface area (Å²) in [5.74, 6) is -0.0486. The first-order chi connectivity index (χ1) is 7.63. The molecule has 5 nitrogen and oxygen atoms in total. The lowest BCUT2D eigenvalue weighted by Gasteiger charge is -2.10. The Morgan fingerprint density at radius 3 is 2.88 bits per heavy atom. The van der Waals surface area contributed by atoms with Gasteiger partial charge in [-0.15, -0.1) is 0 Å². The van der Waals surface area contributed by atoms with E-state index in [1.165, 1.54) is 24.3 Å². The maximum Gasteiger partial charge on any atom is 0.387 e. The molecule has 0 radical (unpaired) electrons. The highest BCUT2D eigenvalue weighted by Gasteiger charge is 2.09. The van der Waals surface area contributed by atoms with Gasteiger partial charge in [0.2, 0.25) is 0 Å². The van der Waals surface area contributed by atoms with Crippen molar-refractivity contribution in [2.24, 2.45) is 5.11 Å². The van der Waals surface area contributed by atoms with Crippen LogP contribution in [0, 0.1) is 0 Å². The summed E-state index contributed by atoms with van der Waals surface area (Å²) in [6.45, 7) is -3.07. The molecule has 16 heavy (non-hydrogen) atoms. The number of hydrogen-bond donors (Lipinski definition) is 1. The number of halogens is 2. The lowest BCUT2D eigenvalue weighted by atomic mass is 10.1. The Bertz CT molecular complexity index is 394. The summed E-state index contributed by atoms with van der Waals surface area (Å²) in [5.41, 5.74) is 8.41. The zero-order chi connectivity index (χ0) is 12.0. The van der Waals surface area contributed by atoms with Crippen molar-refractivity contribution in [1.82, 2.24) is 0 Å². The van der Waals surface area contributed by atoms with Crippen LogP contribution < -0.4 is 4.74 Å². The molecule has 1 aromatic rings. The molecule has 86 valence electrons. The molecular formula is C9H9F2N3O2. The molecule has 1 atom stereocenters. The van der Waals surface area contributed by atoms with Gasteiger partial charge in [-0.25, -0.2) is 0 Å². The summed E-state index contributed by atoms with van der Waals surface area (Å²) in [6.07, 6.45) is -1.03. The van der Waals surface area contributed by atoms with Crippen LogP contribution in [-0.4, -0.2) is 18.3 Å². The van der Waals surface area contributed by atoms with Crippen LogP contribution in [0.15, 0.2) is 29.4 Å². The highest BCUT2D eigenvalue weighted by Crippen LogP contribution is 2.20. The Balaban J connectivity index is 2.76. The van der Waals surface area contributed by atoms with E-state index >= 15 is 0 Å². The van der Waals surface area contributed by atoms with E-state index in [4.69, 9.17) is 5.53 Å². The van der Waals surface area contributed by atoms with Gasteiger partial charge in [-0.05, 0) is 23.2 Å². The lowest BCUT2D eigenvalue weighted by molar-refractivity contribution is -0.0499. The van der Waals surface area contributed by atoms with E-state index in [0.29, 0.717) is 5.56 Å². The monoisotopic (exact) mass is 229 g/mol. The van der Waals surface area contributed by atoms with Gasteiger partial charge in [0.05, 0.1) is 12.6 Å². The third kappa shape index (κ3) is 3.72. The molecule has 0 aromatic heterocycles. The minimum absolute atomic E-state index is 0.0486. The van der Waals surface area contributed by atoms with Crippen LogP contribution in [0.1, 0.15) is 11.7 Å². The molecule has 0 aliphatic rings. The first-order valence-corrected chi connectivity index (χ1v) is 4.37. The number of rotatable bonds is 5. The number of benzene rings is 1. The quantitative estimate of drug-likeness (QED) is 0.478. The van der Waals surface area contributed by atoms with Crippen LogP contribution in [0.4, 0.5) is 8.78 Å². The predicted octanol–water partition coefficient (Wildman–Crippen LogP) is 2.63. The van der Waals surface area contributed by atoms with E-state index in [9.17, 15) is 13.9 Å². The van der Waals surface area contributed by atoms with Gasteiger partial charge in [0, 0.05) is 4.91 Å². The lowest BCUT2D eigenvalue weighted by Crippen LogP contribution is -2.04. The summed E-state index contributed by atoms with van der Waals surface area (Å²) in [6, 6.07) is 5.60. The summed E-state index contributed by atoms with van der Waals surface area (Å²) in [4.78, 5) is 2.49. The highest BCUT2D eigenvalue weighted by atomic mass is 19.3. The summed E-state index contributed by atoms with van der Waals surface area (Å²) >= 11 is 0. The van der Waals surface area contributed by atoms with Crippen LogP contribution in [-0.2, 0) is 0 Å². The van der Waals surface area contributed by atoms with Gasteiger partial charge in [0.1, 0.15) is 5.75 Å². The SMILES string of the molecule is [N-]=[N+]=NC[C@H](O)c1cccc(OC(F)F)c1. The molecule has 0 saturated heterocycles. The molecular weight excluding hydrogens is 220 g/mol. The van der Waals surface area contributed by atoms with Gasteiger partial charge in [-0.1, -0.05) is 17.2 Å². The Hall–Kier alpha value is -1.85. The Morgan fingerprint density at radius 2 is 2.25 bits per heavy atom. The standard InChI is InChI=1S/C9H9F2N3O2/c10-9(11)16-7-3-1-2-6(4-7)8(15)5-13-14-12/h1-4,8-9,15H,5H2/t8-/m0/s1. The first-order valence-electron chi connectivity index (χ1n) is 4.37. The molecule has 0 aliphatic carbocycles. The molecule has 1 rings (SSSR count). The Morgan fingerprint density at radius 1 is 1.50 bits per heavy atom. The summed E-state index contributed by atoms with van der Waals surface area (Å²) in [7, 11) is 0. The average Bonchev–Trinajstić information content (AvgIpc) is 2.25. The average molecular weight is 229 g/mol. The molecule has 0 amide bonds. The first kappa shape index (κ1) is 12.2. The van der Waals surface area contributed by atoms with Gasteiger partial charge < -0.3 is 9.84 Å². The van der Waals surface area contributed by atoms with E-state index in [2.05, 4.69) is 14.8 Å². The second-order valence-electron chi connectivity index (χ2n) is 2.88. The van der Waals surface area contributed by atoms with Crippen molar-refractivity contribution in [2.45, 2.75) is 12.7 Å². The molecule has 7 heteroatoms. The zero-order valence-electron chi connectivity index (χ0n) is 8.12. The van der Waals surface area contributed by atoms with E-state index in [-0.39, 0.29) is 12.3 Å². The summed E-state index contributed by atoms with van der Waals surface area (Å²) in [5, 5.41) is 12.7. The van der Waals surface area contributed by atoms with Crippen molar-refractivity contribution < 1.29 is 18.6 Å². The number of aliphatic hydroxyl groups excluding tert-OH is 1. The van der Waals surface area contributed by atoms with Crippen molar-refractivity contribution in [3.05, 3.63) is 40.3 Å². The Kier molecular flexibility index (Phi) is 4.50. The Labute approximate surface area is 89.9 Å². The van der Waals surface area contributed by atoms with E-state index in [0.717, 1.165) is 0 Å². The number of hydrogen-bond acceptors (Lipinski definition) is 3. The van der Waals surface area contributed by atoms with Crippen molar-refractivity contribution in [3.8, 4) is 5.75 Å². The highest BCUT2D eigenvalue weighted by molar-refractivity contribution is 5.30. The van der Waals surface area contributed by atoms with Crippen LogP contribution in [0.3, 0.4) is 0 Å². The maximum absolute atomic E-state index is 11.9. The normalized spacial score (nSPS) is 12.0. The van der Waals surface area contributed by atoms with Crippen LogP contribution >= 0.6 is 0 Å². The van der Waals surface area contributed by atoms with Gasteiger partial charge in [0.15, 0.2) is 0 Å². The van der Waals surface area contributed by atoms with Crippen LogP contribution in [0.5, 0.6) is 5.75 Å². The second kappa shape index (κ2) is 5.89. The van der Waals surface area contributed by atoms with E-state index in [1.54, 1.807) is 0 Å². The fourth-order valence-corrected chi connectivity index (χ4v) is 1.12. The van der Waals surface area contributed by atoms with Gasteiger partial charge in [0.25, 0.3) is 0 Å². The van der Waals surface area contributed by atoms with Gasteiger partial charge >= 0.3 is 6.61 Å². The third-order valence-electron chi connectivity index (χ3n) is 1.79. The number of alkyl halides is 2. The topological polar surface area (TPSA) is 78.2 Å². The molecule has 0 aliphatic heterocycles. The molecule has 0 unspecified atom stereocenters. The molecule has 1 N–H and O–H groups in total. The molecule has 1 aromatic carbocycles. The second-order valence-corrected chi connectivity index (χ2v) is 2.88. The fraction of sp³-hybridized carbons (Fsp3) is 0.333. The number of ether oxygens (including phenoxy) is 1. The van der Waals surface area contributed by atoms with Crippen molar-refractivity contribution in [3.63, 3.8) is 0 Å². The van der Waals surface area contributed by atoms with Gasteiger partial charge in [-0.2, -0.15) is 8.78 Å². The van der Waals surface area contributed by atoms with Crippen molar-refractivity contribution in [2.75, 3.05) is 6.54 Å². The maximum atomic E-state index is 11.9. The number of aliphatic hydroxyl groups is 1. The van der Waals surface area contributed by atoms with Crippen molar-refractivity contribution in [1.29, 1.82) is 0 Å². The molecule has 0 heterocycles. The van der Waals surface area contributed by atoms with Crippen molar-refractivity contribution >= 4 is 0 Å². The number of nitrogens with zero attached hydrogens (tertiary/aromatic N) is 3. The zero-order valence-corrected chi connectivity index (χ0v) is 8.12. The minimum Gasteiger partial charge on any atom is -0.435 e. The van der Waals surface area contributed by atoms with Gasteiger partial charge in [-0.3, -0.25) is 0 Å².